The molecule has 292 valence electrons. The van der Waals surface area contributed by atoms with Gasteiger partial charge in [-0.3, -0.25) is 4.57 Å². The van der Waals surface area contributed by atoms with E-state index < -0.39 is 0 Å². The molecule has 8 aromatic carbocycles. The van der Waals surface area contributed by atoms with Gasteiger partial charge < -0.3 is 4.57 Å². The Kier molecular flexibility index (Phi) is 8.42. The van der Waals surface area contributed by atoms with E-state index in [9.17, 15) is 0 Å². The van der Waals surface area contributed by atoms with E-state index in [0.29, 0.717) is 5.95 Å². The van der Waals surface area contributed by atoms with Gasteiger partial charge in [-0.25, -0.2) is 9.97 Å². The summed E-state index contributed by atoms with van der Waals surface area (Å²) in [6.07, 6.45) is 16.2. The molecule has 11 aromatic rings. The summed E-state index contributed by atoms with van der Waals surface area (Å²) in [6.45, 7) is 3.80. The number of hydrogen-bond donors (Lipinski definition) is 0. The van der Waals surface area contributed by atoms with E-state index in [4.69, 9.17) is 9.97 Å². The van der Waals surface area contributed by atoms with Gasteiger partial charge in [0.25, 0.3) is 0 Å². The fraction of sp³-hybridized carbons (Fsp3) is 0.0345. The number of fused-ring (bicyclic) bond motifs is 10. The standard InChI is InChI=1S/C58H40N4/c1-2-3-4-16-33-61-52-25-14-11-20-45(52)50-36-42(31-32-53(50)61)40-27-28-41-35-43(30-29-39(41)34-40)49-37-55-56(46-21-9-8-19-44(46)49)48-23-12-15-26-54(48)62(55)58-59-51-24-13-10-22-47(51)57(60-58)38-17-6-5-7-18-38/h2-12,14-23,25-37H,1,13,24H2/b4-3-,33-16+. The molecule has 3 aromatic heterocycles. The van der Waals surface area contributed by atoms with Crippen LogP contribution >= 0.6 is 0 Å². The van der Waals surface area contributed by atoms with Crippen LogP contribution in [0.4, 0.5) is 0 Å². The highest BCUT2D eigenvalue weighted by Gasteiger charge is 2.23. The third kappa shape index (κ3) is 5.76. The zero-order valence-corrected chi connectivity index (χ0v) is 34.0. The molecule has 4 nitrogen and oxygen atoms in total. The van der Waals surface area contributed by atoms with Crippen LogP contribution in [0.2, 0.25) is 0 Å². The number of hydrogen-bond acceptors (Lipinski definition) is 2. The van der Waals surface area contributed by atoms with Crippen LogP contribution in [-0.4, -0.2) is 19.1 Å². The molecular weight excluding hydrogens is 753 g/mol. The van der Waals surface area contributed by atoms with E-state index in [0.717, 1.165) is 46.4 Å². The molecule has 0 saturated heterocycles. The minimum Gasteiger partial charge on any atom is -0.316 e. The summed E-state index contributed by atoms with van der Waals surface area (Å²) in [4.78, 5) is 10.7. The summed E-state index contributed by atoms with van der Waals surface area (Å²) < 4.78 is 4.56. The first-order valence-electron chi connectivity index (χ1n) is 21.3. The topological polar surface area (TPSA) is 35.6 Å². The van der Waals surface area contributed by atoms with Crippen molar-refractivity contribution < 1.29 is 0 Å². The zero-order valence-electron chi connectivity index (χ0n) is 34.0. The Hall–Kier alpha value is -8.08. The summed E-state index contributed by atoms with van der Waals surface area (Å²) in [5.74, 6) is 0.705. The maximum Gasteiger partial charge on any atom is 0.235 e. The molecule has 0 unspecified atom stereocenters. The predicted octanol–water partition coefficient (Wildman–Crippen LogP) is 15.2. The highest BCUT2D eigenvalue weighted by molar-refractivity contribution is 6.24. The van der Waals surface area contributed by atoms with Crippen molar-refractivity contribution in [2.24, 2.45) is 0 Å². The number of para-hydroxylation sites is 2. The lowest BCUT2D eigenvalue weighted by Crippen LogP contribution is -2.09. The molecule has 0 amide bonds. The lowest BCUT2D eigenvalue weighted by molar-refractivity contribution is 0.877. The molecule has 0 fully saturated rings. The average molecular weight is 793 g/mol. The van der Waals surface area contributed by atoms with Crippen molar-refractivity contribution in [2.75, 3.05) is 0 Å². The Labute approximate surface area is 359 Å². The fourth-order valence-corrected chi connectivity index (χ4v) is 9.70. The molecule has 62 heavy (non-hydrogen) atoms. The second kappa shape index (κ2) is 14.6. The van der Waals surface area contributed by atoms with Crippen LogP contribution in [0.5, 0.6) is 0 Å². The summed E-state index contributed by atoms with van der Waals surface area (Å²) in [5, 5.41) is 9.73. The van der Waals surface area contributed by atoms with Gasteiger partial charge in [-0.05, 0) is 105 Å². The molecule has 0 bridgehead atoms. The summed E-state index contributed by atoms with van der Waals surface area (Å²) in [5.41, 5.74) is 13.6. The molecule has 0 spiro atoms. The van der Waals surface area contributed by atoms with Gasteiger partial charge in [0.15, 0.2) is 0 Å². The van der Waals surface area contributed by atoms with Gasteiger partial charge in [-0.15, -0.1) is 0 Å². The van der Waals surface area contributed by atoms with E-state index in [-0.39, 0.29) is 0 Å². The summed E-state index contributed by atoms with van der Waals surface area (Å²) in [7, 11) is 0. The first-order chi connectivity index (χ1) is 30.7. The minimum atomic E-state index is 0.705. The Morgan fingerprint density at radius 3 is 2.02 bits per heavy atom. The maximum atomic E-state index is 5.40. The van der Waals surface area contributed by atoms with Gasteiger partial charge in [0.05, 0.1) is 33.5 Å². The fourth-order valence-electron chi connectivity index (χ4n) is 9.70. The molecule has 1 aliphatic rings. The van der Waals surface area contributed by atoms with Crippen LogP contribution in [0.25, 0.3) is 117 Å². The highest BCUT2D eigenvalue weighted by Crippen LogP contribution is 2.43. The molecular formula is C58H40N4. The molecule has 3 heterocycles. The summed E-state index contributed by atoms with van der Waals surface area (Å²) >= 11 is 0. The Balaban J connectivity index is 1.01. The van der Waals surface area contributed by atoms with E-state index in [1.165, 1.54) is 76.4 Å². The third-order valence-electron chi connectivity index (χ3n) is 12.6. The van der Waals surface area contributed by atoms with Crippen molar-refractivity contribution in [3.8, 4) is 39.5 Å². The smallest absolute Gasteiger partial charge is 0.235 e. The van der Waals surface area contributed by atoms with E-state index in [2.05, 4.69) is 204 Å². The van der Waals surface area contributed by atoms with Crippen molar-refractivity contribution in [1.82, 2.24) is 19.1 Å². The molecule has 0 aliphatic heterocycles. The Morgan fingerprint density at radius 1 is 0.500 bits per heavy atom. The second-order valence-electron chi connectivity index (χ2n) is 16.1. The maximum absolute atomic E-state index is 5.40. The van der Waals surface area contributed by atoms with Crippen LogP contribution in [-0.2, 0) is 6.42 Å². The first-order valence-corrected chi connectivity index (χ1v) is 21.3. The van der Waals surface area contributed by atoms with Crippen LogP contribution in [0, 0.1) is 0 Å². The molecule has 0 N–H and O–H groups in total. The number of rotatable bonds is 7. The Morgan fingerprint density at radius 2 is 1.18 bits per heavy atom. The van der Waals surface area contributed by atoms with Crippen molar-refractivity contribution in [1.29, 1.82) is 0 Å². The number of aryl methyl sites for hydroxylation is 1. The van der Waals surface area contributed by atoms with Gasteiger partial charge in [-0.2, -0.15) is 0 Å². The number of allylic oxidation sites excluding steroid dienone is 5. The quantitative estimate of drug-likeness (QED) is 0.151. The van der Waals surface area contributed by atoms with Gasteiger partial charge >= 0.3 is 0 Å². The minimum absolute atomic E-state index is 0.705. The van der Waals surface area contributed by atoms with Crippen molar-refractivity contribution in [2.45, 2.75) is 12.8 Å². The molecule has 0 atom stereocenters. The van der Waals surface area contributed by atoms with E-state index >= 15 is 0 Å². The van der Waals surface area contributed by atoms with Gasteiger partial charge in [0.1, 0.15) is 0 Å². The van der Waals surface area contributed by atoms with Crippen LogP contribution in [0.1, 0.15) is 17.7 Å². The van der Waals surface area contributed by atoms with Gasteiger partial charge in [0, 0.05) is 38.9 Å². The normalized spacial score (nSPS) is 12.9. The summed E-state index contributed by atoms with van der Waals surface area (Å²) in [6, 6.07) is 59.7. The molecule has 4 heteroatoms. The lowest BCUT2D eigenvalue weighted by Gasteiger charge is -2.17. The highest BCUT2D eigenvalue weighted by atomic mass is 15.2. The number of nitrogens with zero attached hydrogens (tertiary/aromatic N) is 4. The molecule has 12 rings (SSSR count). The van der Waals surface area contributed by atoms with E-state index in [1.54, 1.807) is 6.08 Å². The largest absolute Gasteiger partial charge is 0.316 e. The Bertz CT molecular complexity index is 3710. The lowest BCUT2D eigenvalue weighted by atomic mass is 9.93. The molecule has 1 aliphatic carbocycles. The monoisotopic (exact) mass is 792 g/mol. The predicted molar refractivity (Wildman–Crippen MR) is 263 cm³/mol. The third-order valence-corrected chi connectivity index (χ3v) is 12.6. The van der Waals surface area contributed by atoms with Crippen molar-refractivity contribution in [3.63, 3.8) is 0 Å². The SMILES string of the molecule is C=C/C=C\C=C\n1c2ccccc2c2cc(-c3ccc4cc(-c5cc6c(c7ccccc57)c5ccccc5n6-c5nc6c(c(-c7ccccc7)n5)C=CCC6)ccc4c3)ccc21. The number of benzene rings is 8. The van der Waals surface area contributed by atoms with Crippen LogP contribution in [0.3, 0.4) is 0 Å². The van der Waals surface area contributed by atoms with Crippen LogP contribution in [0.15, 0.2) is 201 Å². The molecule has 0 radical (unpaired) electrons. The van der Waals surface area contributed by atoms with Gasteiger partial charge in [-0.1, -0.05) is 158 Å². The van der Waals surface area contributed by atoms with Crippen LogP contribution < -0.4 is 0 Å². The zero-order chi connectivity index (χ0) is 41.1. The van der Waals surface area contributed by atoms with Crippen molar-refractivity contribution >= 4 is 77.4 Å². The number of aromatic nitrogens is 4. The van der Waals surface area contributed by atoms with E-state index in [1.807, 2.05) is 12.2 Å². The second-order valence-corrected chi connectivity index (χ2v) is 16.1. The average Bonchev–Trinajstić information content (AvgIpc) is 3.84. The molecule has 0 saturated carbocycles. The first kappa shape index (κ1) is 35.8. The van der Waals surface area contributed by atoms with Gasteiger partial charge in [0.2, 0.25) is 5.95 Å². The van der Waals surface area contributed by atoms with Crippen molar-refractivity contribution in [3.05, 3.63) is 212 Å².